The molecule has 10 N–H and O–H groups in total. The van der Waals surface area contributed by atoms with Crippen molar-refractivity contribution in [3.63, 3.8) is 0 Å². The predicted octanol–water partition coefficient (Wildman–Crippen LogP) is 6.84. The van der Waals surface area contributed by atoms with Gasteiger partial charge in [0.1, 0.15) is 0 Å². The summed E-state index contributed by atoms with van der Waals surface area (Å²) in [6.07, 6.45) is 0. The molecule has 0 atom stereocenters. The lowest BCUT2D eigenvalue weighted by Gasteiger charge is -2.15. The Morgan fingerprint density at radius 1 is 0.345 bits per heavy atom. The number of anilines is 6. The van der Waals surface area contributed by atoms with Crippen molar-refractivity contribution in [3.8, 4) is 78.9 Å². The lowest BCUT2D eigenvalue weighted by atomic mass is 9.80. The Kier molecular flexibility index (Phi) is 26.7. The van der Waals surface area contributed by atoms with Crippen molar-refractivity contribution in [1.29, 1.82) is 0 Å². The highest BCUT2D eigenvalue weighted by Crippen LogP contribution is 2.35. The number of hydrogen-bond donors (Lipinski definition) is 8. The molecule has 0 bridgehead atoms. The summed E-state index contributed by atoms with van der Waals surface area (Å²) < 4.78 is 104. The van der Waals surface area contributed by atoms with Crippen LogP contribution in [0.5, 0.6) is 0 Å². The van der Waals surface area contributed by atoms with E-state index in [2.05, 4.69) is 106 Å². The van der Waals surface area contributed by atoms with Crippen LogP contribution in [0.25, 0.3) is 78.9 Å². The summed E-state index contributed by atoms with van der Waals surface area (Å²) in [5.74, 6) is 1.23. The molecule has 10 aromatic carbocycles. The molecule has 4 aromatic heterocycles. The van der Waals surface area contributed by atoms with Crippen molar-refractivity contribution in [3.05, 3.63) is 237 Å². The molecule has 0 spiro atoms. The van der Waals surface area contributed by atoms with Crippen molar-refractivity contribution in [2.75, 3.05) is 64.4 Å². The average molecular weight is 1600 g/mol. The van der Waals surface area contributed by atoms with E-state index in [1.807, 2.05) is 127 Å². The maximum atomic E-state index is 12.6. The predicted molar refractivity (Wildman–Crippen MR) is 432 cm³/mol. The van der Waals surface area contributed by atoms with Crippen LogP contribution in [0.2, 0.25) is 0 Å². The average Bonchev–Trinajstić information content (AvgIpc) is 1.80. The van der Waals surface area contributed by atoms with E-state index < -0.39 is 47.2 Å². The van der Waals surface area contributed by atoms with Gasteiger partial charge in [0, 0.05) is 84.6 Å². The van der Waals surface area contributed by atoms with Crippen LogP contribution < -0.4 is 37.0 Å². The first-order valence-corrected chi connectivity index (χ1v) is 39.8. The molecule has 0 amide bonds. The van der Waals surface area contributed by atoms with E-state index >= 15 is 0 Å². The van der Waals surface area contributed by atoms with Gasteiger partial charge in [0.25, 0.3) is 0 Å². The Morgan fingerprint density at radius 3 is 0.912 bits per heavy atom. The molecule has 0 unspecified atom stereocenters. The summed E-state index contributed by atoms with van der Waals surface area (Å²) in [4.78, 5) is 5.72. The number of sulfonamides is 4. The Morgan fingerprint density at radius 2 is 0.611 bits per heavy atom. The van der Waals surface area contributed by atoms with Gasteiger partial charge in [-0.3, -0.25) is 0 Å². The first kappa shape index (κ1) is 82.8. The fraction of sp³-hybridized carbons (Fsp3) is 0.135. The molecule has 0 aliphatic rings. The van der Waals surface area contributed by atoms with Crippen LogP contribution in [0.4, 0.5) is 34.1 Å². The number of aromatic nitrogens is 16. The summed E-state index contributed by atoms with van der Waals surface area (Å²) in [5, 5.41) is 71.9. The molecule has 0 saturated heterocycles. The first-order valence-electron chi connectivity index (χ1n) is 34.0. The number of hydrogen-bond acceptors (Lipinski definition) is 26. The lowest BCUT2D eigenvalue weighted by molar-refractivity contribution is 0.425. The molecule has 0 radical (unpaired) electrons. The van der Waals surface area contributed by atoms with Crippen LogP contribution in [0.1, 0.15) is 0 Å². The zero-order chi connectivity index (χ0) is 81.4. The highest BCUT2D eigenvalue weighted by Gasteiger charge is 2.24. The number of tetrazole rings is 4. The van der Waals surface area contributed by atoms with E-state index in [4.69, 9.17) is 21.5 Å². The SMILES string of the molecule is CN(C)S(=O)(=O)c1ccc(N)c(-c2nnn(C)n2)c1.CN(C)S(=O)(=O)c1ccc(Nc2ccc(-c3ccccc3)cc2)c(-c2nnn(C)n2)c1.CNS(=O)(=O)c1ccc(N)c(-c2nnn(C)n2)c1.CNS(=O)(=O)c1ccc(Nc2ccc(-c3ccccc3)cc2)c(-c2nnn(C)n2)c1.OB(O)c1ccc(-c2ccccc2)cc1. The van der Waals surface area contributed by atoms with E-state index in [0.29, 0.717) is 62.1 Å². The van der Waals surface area contributed by atoms with Gasteiger partial charge in [-0.15, -0.1) is 40.8 Å². The van der Waals surface area contributed by atoms with Gasteiger partial charge in [0.05, 0.1) is 47.8 Å². The normalized spacial score (nSPS) is 11.4. The quantitative estimate of drug-likeness (QED) is 0.0286. The van der Waals surface area contributed by atoms with Gasteiger partial charge in [-0.2, -0.15) is 19.2 Å². The number of nitrogens with two attached hydrogens (primary N) is 2. The maximum Gasteiger partial charge on any atom is 0.488 e. The summed E-state index contributed by atoms with van der Waals surface area (Å²) in [6.45, 7) is 0. The number of nitrogens with one attached hydrogen (secondary N) is 4. The van der Waals surface area contributed by atoms with E-state index in [9.17, 15) is 33.7 Å². The summed E-state index contributed by atoms with van der Waals surface area (Å²) >= 11 is 0. The smallest absolute Gasteiger partial charge is 0.423 e. The Bertz CT molecular complexity index is 6050. The van der Waals surface area contributed by atoms with Gasteiger partial charge in [-0.25, -0.2) is 51.7 Å². The molecule has 39 heteroatoms. The lowest BCUT2D eigenvalue weighted by Crippen LogP contribution is -2.29. The van der Waals surface area contributed by atoms with Gasteiger partial charge in [0.15, 0.2) is 0 Å². The fourth-order valence-corrected chi connectivity index (χ4v) is 13.9. The van der Waals surface area contributed by atoms with Crippen LogP contribution in [0.3, 0.4) is 0 Å². The van der Waals surface area contributed by atoms with Crippen LogP contribution in [0.15, 0.2) is 256 Å². The van der Waals surface area contributed by atoms with E-state index in [-0.39, 0.29) is 31.2 Å². The summed E-state index contributed by atoms with van der Waals surface area (Å²) in [6, 6.07) is 71.7. The number of nitrogen functional groups attached to an aromatic ring is 2. The second-order valence-corrected chi connectivity index (χ2v) is 32.9. The third kappa shape index (κ3) is 21.1. The second kappa shape index (κ2) is 36.4. The maximum absolute atomic E-state index is 12.6. The van der Waals surface area contributed by atoms with E-state index in [1.54, 1.807) is 64.6 Å². The molecule has 113 heavy (non-hydrogen) atoms. The van der Waals surface area contributed by atoms with Crippen molar-refractivity contribution < 1.29 is 43.7 Å². The third-order valence-corrected chi connectivity index (χ3v) is 23.0. The highest BCUT2D eigenvalue weighted by atomic mass is 32.2. The highest BCUT2D eigenvalue weighted by molar-refractivity contribution is 7.90. The van der Waals surface area contributed by atoms with Crippen molar-refractivity contribution in [2.45, 2.75) is 19.6 Å². The van der Waals surface area contributed by atoms with Crippen LogP contribution in [-0.2, 0) is 68.3 Å². The molecule has 4 heterocycles. The van der Waals surface area contributed by atoms with Crippen molar-refractivity contribution >= 4 is 86.8 Å². The second-order valence-electron chi connectivity index (χ2n) is 24.8. The molecule has 582 valence electrons. The minimum Gasteiger partial charge on any atom is -0.423 e. The number of benzene rings is 10. The largest absolute Gasteiger partial charge is 0.488 e. The number of rotatable bonds is 20. The van der Waals surface area contributed by atoms with Gasteiger partial charge in [0.2, 0.25) is 63.4 Å². The zero-order valence-electron chi connectivity index (χ0n) is 62.6. The molecule has 0 fully saturated rings. The number of aryl methyl sites for hydroxylation is 4. The molecule has 0 aliphatic carbocycles. The molecule has 0 aliphatic heterocycles. The van der Waals surface area contributed by atoms with Gasteiger partial charge < -0.3 is 32.1 Å². The monoisotopic (exact) mass is 1600 g/mol. The minimum atomic E-state index is -3.61. The molecule has 14 rings (SSSR count). The first-order chi connectivity index (χ1) is 53.8. The standard InChI is InChI=1S/C22H22N6O2S.C21H20N6O2S.C12H11BO2.C10H14N6O2S.C9H12N6O2S/c1-27(2)31(29,30)19-13-14-21(20(15-19)22-24-26-28(3)25-22)23-18-11-9-17(10-12-18)16-7-5-4-6-8-16;1-22-30(28,29)18-12-13-20(19(14-18)21-24-26-27(2)25-21)23-17-10-8-16(9-11-17)15-6-4-3-5-7-15;14-13(15)12-8-6-11(7-9-12)10-4-2-1-3-5-10;1-15(2)19(17,18)7-4-5-9(11)8(6-7)10-12-14-16(3)13-10;1-11-18(16,17)6-3-4-8(10)7(5-6)9-12-14-15(2)13-9/h4-15,23H,1-3H3;3-14,22-23H,1-2H3;1-9,14-15H;4-6H,11H2,1-3H3;3-5,11H,10H2,1-2H3. The van der Waals surface area contributed by atoms with Crippen LogP contribution in [-0.4, -0.2) is 183 Å². The zero-order valence-corrected chi connectivity index (χ0v) is 65.9. The molecular weight excluding hydrogens is 1520 g/mol. The van der Waals surface area contributed by atoms with Gasteiger partial charge in [-0.05, 0) is 171 Å². The minimum absolute atomic E-state index is 0.0988. The summed E-state index contributed by atoms with van der Waals surface area (Å²) in [5.41, 5.74) is 24.6. The van der Waals surface area contributed by atoms with E-state index in [1.165, 1.54) is 114 Å². The molecule has 34 nitrogen and oxygen atoms in total. The molecular formula is C74H79BN24O10S4. The van der Waals surface area contributed by atoms with E-state index in [0.717, 1.165) is 49.1 Å². The van der Waals surface area contributed by atoms with Crippen LogP contribution in [0, 0.1) is 0 Å². The molecule has 0 saturated carbocycles. The Balaban J connectivity index is 0.000000154. The fourth-order valence-electron chi connectivity index (χ4n) is 10.5. The van der Waals surface area contributed by atoms with Gasteiger partial charge >= 0.3 is 7.12 Å². The topological polar surface area (TPSA) is 458 Å². The Labute approximate surface area is 653 Å². The van der Waals surface area contributed by atoms with Crippen LogP contribution >= 0.6 is 0 Å². The van der Waals surface area contributed by atoms with Crippen molar-refractivity contribution in [2.24, 2.45) is 28.2 Å². The summed E-state index contributed by atoms with van der Waals surface area (Å²) in [7, 11) is -0.482. The molecule has 14 aromatic rings. The number of nitrogens with zero attached hydrogens (tertiary/aromatic N) is 18. The third-order valence-electron chi connectivity index (χ3n) is 16.6. The van der Waals surface area contributed by atoms with Gasteiger partial charge in [-0.1, -0.05) is 140 Å². The Hall–Kier alpha value is -12.7. The van der Waals surface area contributed by atoms with Crippen molar-refractivity contribution in [1.82, 2.24) is 98.9 Å².